The highest BCUT2D eigenvalue weighted by Crippen LogP contribution is 2.07. The summed E-state index contributed by atoms with van der Waals surface area (Å²) in [6.45, 7) is 6.21. The van der Waals surface area contributed by atoms with Crippen LogP contribution in [0.1, 0.15) is 26.3 Å². The molecule has 0 aliphatic heterocycles. The Hall–Kier alpha value is -3.23. The Balaban J connectivity index is 2.95. The lowest BCUT2D eigenvalue weighted by atomic mass is 10.2. The first kappa shape index (κ1) is 30.8. The van der Waals surface area contributed by atoms with Gasteiger partial charge >= 0.3 is 17.8 Å². The first-order valence-electron chi connectivity index (χ1n) is 11.3. The van der Waals surface area contributed by atoms with Gasteiger partial charge in [0.2, 0.25) is 5.91 Å². The normalized spacial score (nSPS) is 12.1. The maximum atomic E-state index is 12.9. The molecule has 0 aromatic carbocycles. The minimum absolute atomic E-state index is 0.0754. The molecule has 0 aliphatic rings. The molecule has 0 saturated heterocycles. The molecule has 204 valence electrons. The van der Waals surface area contributed by atoms with Crippen molar-refractivity contribution in [2.45, 2.75) is 45.9 Å². The number of carbonyl (C=O) groups is 3. The van der Waals surface area contributed by atoms with Gasteiger partial charge in [0.1, 0.15) is 18.7 Å². The SMILES string of the molecule is COCCOCCOC[C@@H](CN(CC(=O)O)C(=O)Cn1cc(C)c(=O)[nH]c1=O)NC(=O)OC(C)(C)C. The summed E-state index contributed by atoms with van der Waals surface area (Å²) in [5, 5.41) is 11.9. The first-order valence-corrected chi connectivity index (χ1v) is 11.3. The molecule has 36 heavy (non-hydrogen) atoms. The number of alkyl carbamates (subject to hydrolysis) is 1. The number of amides is 2. The van der Waals surface area contributed by atoms with Gasteiger partial charge in [-0.15, -0.1) is 0 Å². The van der Waals surface area contributed by atoms with Gasteiger partial charge in [0.25, 0.3) is 5.56 Å². The minimum Gasteiger partial charge on any atom is -0.480 e. The summed E-state index contributed by atoms with van der Waals surface area (Å²) >= 11 is 0. The standard InChI is InChI=1S/C22H36N4O10/c1-15-10-26(20(31)24-19(15)30)12-17(27)25(13-18(28)29)11-16(23-21(32)36-22(2,3)4)14-35-9-8-34-7-6-33-5/h10,16H,6-9,11-14H2,1-5H3,(H,23,32)(H,28,29)(H,24,30,31)/t16-/m1/s1. The topological polar surface area (TPSA) is 178 Å². The van der Waals surface area contributed by atoms with Crippen LogP contribution in [-0.2, 0) is 35.1 Å². The van der Waals surface area contributed by atoms with Crippen LogP contribution in [0.25, 0.3) is 0 Å². The van der Waals surface area contributed by atoms with E-state index in [1.54, 1.807) is 27.9 Å². The Morgan fingerprint density at radius 1 is 1.14 bits per heavy atom. The monoisotopic (exact) mass is 516 g/mol. The number of methoxy groups -OCH3 is 1. The number of ether oxygens (including phenoxy) is 4. The molecule has 1 rings (SSSR count). The van der Waals surface area contributed by atoms with E-state index in [9.17, 15) is 29.1 Å². The quantitative estimate of drug-likeness (QED) is 0.253. The fraction of sp³-hybridized carbons (Fsp3) is 0.682. The zero-order valence-electron chi connectivity index (χ0n) is 21.3. The van der Waals surface area contributed by atoms with Gasteiger partial charge in [0.05, 0.1) is 39.1 Å². The number of aromatic amines is 1. The summed E-state index contributed by atoms with van der Waals surface area (Å²) in [5.74, 6) is -2.01. The van der Waals surface area contributed by atoms with E-state index in [4.69, 9.17) is 18.9 Å². The molecule has 14 heteroatoms. The number of carboxylic acid groups (broad SMARTS) is 1. The fourth-order valence-corrected chi connectivity index (χ4v) is 2.87. The van der Waals surface area contributed by atoms with Crippen LogP contribution < -0.4 is 16.6 Å². The Bertz CT molecular complexity index is 982. The molecule has 0 aliphatic carbocycles. The van der Waals surface area contributed by atoms with Crippen LogP contribution in [0.3, 0.4) is 0 Å². The molecule has 0 bridgehead atoms. The Morgan fingerprint density at radius 2 is 1.78 bits per heavy atom. The summed E-state index contributed by atoms with van der Waals surface area (Å²) in [5.41, 5.74) is -1.98. The van der Waals surface area contributed by atoms with Crippen LogP contribution >= 0.6 is 0 Å². The Kier molecular flexibility index (Phi) is 12.8. The number of rotatable bonds is 15. The molecule has 0 radical (unpaired) electrons. The van der Waals surface area contributed by atoms with Crippen molar-refractivity contribution in [2.24, 2.45) is 0 Å². The predicted octanol–water partition coefficient (Wildman–Crippen LogP) is -0.669. The summed E-state index contributed by atoms with van der Waals surface area (Å²) in [6, 6.07) is -0.837. The zero-order chi connectivity index (χ0) is 27.3. The number of hydrogen-bond donors (Lipinski definition) is 3. The van der Waals surface area contributed by atoms with Gasteiger partial charge in [-0.25, -0.2) is 9.59 Å². The minimum atomic E-state index is -1.29. The van der Waals surface area contributed by atoms with E-state index in [1.165, 1.54) is 13.1 Å². The third-order valence-electron chi connectivity index (χ3n) is 4.46. The summed E-state index contributed by atoms with van der Waals surface area (Å²) in [6.07, 6.45) is 0.434. The molecule has 1 aromatic heterocycles. The van der Waals surface area contributed by atoms with E-state index in [1.807, 2.05) is 0 Å². The lowest BCUT2D eigenvalue weighted by Crippen LogP contribution is -2.51. The number of H-pyrrole nitrogens is 1. The number of aryl methyl sites for hydroxylation is 1. The summed E-state index contributed by atoms with van der Waals surface area (Å²) < 4.78 is 22.0. The molecular formula is C22H36N4O10. The maximum absolute atomic E-state index is 12.9. The number of carbonyl (C=O) groups excluding carboxylic acids is 2. The zero-order valence-corrected chi connectivity index (χ0v) is 21.3. The molecule has 0 saturated carbocycles. The largest absolute Gasteiger partial charge is 0.480 e. The van der Waals surface area contributed by atoms with E-state index >= 15 is 0 Å². The molecule has 1 aromatic rings. The van der Waals surface area contributed by atoms with Gasteiger partial charge in [0.15, 0.2) is 0 Å². The summed E-state index contributed by atoms with van der Waals surface area (Å²) in [4.78, 5) is 63.4. The van der Waals surface area contributed by atoms with Crippen molar-refractivity contribution >= 4 is 18.0 Å². The van der Waals surface area contributed by atoms with Crippen LogP contribution in [0.4, 0.5) is 4.79 Å². The lowest BCUT2D eigenvalue weighted by molar-refractivity contribution is -0.145. The van der Waals surface area contributed by atoms with Crippen molar-refractivity contribution in [3.8, 4) is 0 Å². The highest BCUT2D eigenvalue weighted by atomic mass is 16.6. The predicted molar refractivity (Wildman–Crippen MR) is 127 cm³/mol. The van der Waals surface area contributed by atoms with Crippen LogP contribution in [-0.4, -0.2) is 102 Å². The number of aliphatic carboxylic acids is 1. The molecule has 0 unspecified atom stereocenters. The van der Waals surface area contributed by atoms with Crippen molar-refractivity contribution in [1.82, 2.24) is 19.8 Å². The second kappa shape index (κ2) is 15.0. The molecule has 3 N–H and O–H groups in total. The third-order valence-corrected chi connectivity index (χ3v) is 4.46. The molecule has 0 spiro atoms. The highest BCUT2D eigenvalue weighted by Gasteiger charge is 2.25. The van der Waals surface area contributed by atoms with Gasteiger partial charge < -0.3 is 34.3 Å². The first-order chi connectivity index (χ1) is 16.8. The number of carboxylic acids is 1. The molecule has 14 nitrogen and oxygen atoms in total. The highest BCUT2D eigenvalue weighted by molar-refractivity contribution is 5.81. The average Bonchev–Trinajstić information content (AvgIpc) is 2.74. The van der Waals surface area contributed by atoms with E-state index in [-0.39, 0.29) is 31.9 Å². The van der Waals surface area contributed by atoms with Gasteiger partial charge in [-0.05, 0) is 27.7 Å². The fourth-order valence-electron chi connectivity index (χ4n) is 2.87. The smallest absolute Gasteiger partial charge is 0.408 e. The van der Waals surface area contributed by atoms with Gasteiger partial charge in [-0.1, -0.05) is 0 Å². The van der Waals surface area contributed by atoms with Crippen LogP contribution in [0.2, 0.25) is 0 Å². The van der Waals surface area contributed by atoms with Crippen molar-refractivity contribution in [3.63, 3.8) is 0 Å². The Labute approximate surface area is 208 Å². The van der Waals surface area contributed by atoms with E-state index in [0.717, 1.165) is 9.47 Å². The molecule has 1 atom stereocenters. The second-order valence-corrected chi connectivity index (χ2v) is 8.89. The maximum Gasteiger partial charge on any atom is 0.408 e. The van der Waals surface area contributed by atoms with Crippen molar-refractivity contribution < 1.29 is 38.4 Å². The van der Waals surface area contributed by atoms with Gasteiger partial charge in [-0.2, -0.15) is 0 Å². The summed E-state index contributed by atoms with van der Waals surface area (Å²) in [7, 11) is 1.55. The van der Waals surface area contributed by atoms with Crippen molar-refractivity contribution in [1.29, 1.82) is 0 Å². The molecule has 2 amide bonds. The van der Waals surface area contributed by atoms with Crippen molar-refractivity contribution in [2.75, 3.05) is 53.2 Å². The number of nitrogens with zero attached hydrogens (tertiary/aromatic N) is 2. The average molecular weight is 517 g/mol. The molecular weight excluding hydrogens is 480 g/mol. The van der Waals surface area contributed by atoms with Gasteiger partial charge in [-0.3, -0.25) is 23.9 Å². The molecule has 1 heterocycles. The lowest BCUT2D eigenvalue weighted by Gasteiger charge is -2.28. The third kappa shape index (κ3) is 12.5. The second-order valence-electron chi connectivity index (χ2n) is 8.89. The van der Waals surface area contributed by atoms with Crippen molar-refractivity contribution in [3.05, 3.63) is 32.6 Å². The van der Waals surface area contributed by atoms with Crippen LogP contribution in [0.15, 0.2) is 15.8 Å². The number of nitrogens with one attached hydrogen (secondary N) is 2. The van der Waals surface area contributed by atoms with Gasteiger partial charge in [0, 0.05) is 25.4 Å². The molecule has 0 fully saturated rings. The number of hydrogen-bond acceptors (Lipinski definition) is 9. The Morgan fingerprint density at radius 3 is 2.39 bits per heavy atom. The number of aromatic nitrogens is 2. The van der Waals surface area contributed by atoms with Crippen LogP contribution in [0.5, 0.6) is 0 Å². The van der Waals surface area contributed by atoms with Crippen LogP contribution in [0, 0.1) is 6.92 Å². The van der Waals surface area contributed by atoms with E-state index in [2.05, 4.69) is 10.3 Å². The van der Waals surface area contributed by atoms with E-state index in [0.29, 0.717) is 13.2 Å². The van der Waals surface area contributed by atoms with E-state index < -0.39 is 54.0 Å².